The first-order chi connectivity index (χ1) is 15.0. The summed E-state index contributed by atoms with van der Waals surface area (Å²) in [4.78, 5) is 23.5. The van der Waals surface area contributed by atoms with Crippen LogP contribution in [0.15, 0.2) is 74.8 Å². The fourth-order valence-electron chi connectivity index (χ4n) is 3.06. The molecule has 1 amide bonds. The van der Waals surface area contributed by atoms with Crippen LogP contribution in [0.5, 0.6) is 5.75 Å². The average molecular weight is 482 g/mol. The fraction of sp³-hybridized carbons (Fsp3) is 0.0455. The van der Waals surface area contributed by atoms with Gasteiger partial charge >= 0.3 is 11.9 Å². The van der Waals surface area contributed by atoms with Gasteiger partial charge in [0.25, 0.3) is 0 Å². The summed E-state index contributed by atoms with van der Waals surface area (Å²) in [6.07, 6.45) is 3.30. The Kier molecular flexibility index (Phi) is 5.59. The number of halogens is 1. The Morgan fingerprint density at radius 2 is 1.97 bits per heavy atom. The van der Waals surface area contributed by atoms with Gasteiger partial charge in [0, 0.05) is 21.7 Å². The molecule has 0 spiro atoms. The van der Waals surface area contributed by atoms with E-state index < -0.39 is 11.9 Å². The molecule has 0 atom stereocenters. The predicted octanol–water partition coefficient (Wildman–Crippen LogP) is 4.46. The van der Waals surface area contributed by atoms with Gasteiger partial charge in [0.05, 0.1) is 24.6 Å². The Balaban J connectivity index is 1.51. The molecule has 0 saturated carbocycles. The van der Waals surface area contributed by atoms with Crippen molar-refractivity contribution >= 4 is 45.0 Å². The predicted molar refractivity (Wildman–Crippen MR) is 118 cm³/mol. The number of methoxy groups -OCH3 is 1. The first kappa shape index (κ1) is 20.4. The summed E-state index contributed by atoms with van der Waals surface area (Å²) in [5.74, 6) is -0.879. The Bertz CT molecular complexity index is 1300. The minimum Gasteiger partial charge on any atom is -0.493 e. The normalized spacial score (nSPS) is 11.2. The van der Waals surface area contributed by atoms with E-state index in [1.54, 1.807) is 24.3 Å². The molecule has 4 rings (SSSR count). The van der Waals surface area contributed by atoms with Gasteiger partial charge < -0.3 is 18.8 Å². The molecule has 2 N–H and O–H groups in total. The van der Waals surface area contributed by atoms with E-state index in [4.69, 9.17) is 14.3 Å². The van der Waals surface area contributed by atoms with Crippen LogP contribution in [0.4, 0.5) is 0 Å². The number of hydrogen-bond donors (Lipinski definition) is 2. The topological polar surface area (TPSA) is 106 Å². The van der Waals surface area contributed by atoms with Crippen LogP contribution < -0.4 is 10.2 Å². The smallest absolute Gasteiger partial charge is 0.335 e. The maximum atomic E-state index is 12.5. The number of hydrogen-bond acceptors (Lipinski definition) is 5. The highest BCUT2D eigenvalue weighted by Crippen LogP contribution is 2.32. The first-order valence-corrected chi connectivity index (χ1v) is 9.87. The summed E-state index contributed by atoms with van der Waals surface area (Å²) in [5, 5.41) is 13.8. The molecule has 2 heterocycles. The number of benzene rings is 2. The third-order valence-corrected chi connectivity index (χ3v) is 4.98. The number of carboxylic acid groups (broad SMARTS) is 1. The number of amides is 1. The van der Waals surface area contributed by atoms with Crippen molar-refractivity contribution in [2.75, 3.05) is 7.11 Å². The number of fused-ring (bicyclic) bond motifs is 1. The van der Waals surface area contributed by atoms with Crippen LogP contribution in [0.3, 0.4) is 0 Å². The number of aromatic carboxylic acids is 1. The molecule has 8 nitrogen and oxygen atoms in total. The highest BCUT2D eigenvalue weighted by molar-refractivity contribution is 9.10. The Morgan fingerprint density at radius 3 is 2.68 bits per heavy atom. The van der Waals surface area contributed by atoms with E-state index in [-0.39, 0.29) is 11.3 Å². The van der Waals surface area contributed by atoms with Crippen LogP contribution in [-0.4, -0.2) is 34.9 Å². The van der Waals surface area contributed by atoms with Gasteiger partial charge in [-0.3, -0.25) is 4.79 Å². The summed E-state index contributed by atoms with van der Waals surface area (Å²) in [7, 11) is 1.53. The number of ether oxygens (including phenoxy) is 1. The molecule has 0 radical (unpaired) electrons. The molecule has 0 aliphatic rings. The third kappa shape index (κ3) is 4.22. The number of nitrogens with zero attached hydrogens (tertiary/aromatic N) is 2. The van der Waals surface area contributed by atoms with Crippen molar-refractivity contribution in [1.29, 1.82) is 0 Å². The molecular weight excluding hydrogens is 466 g/mol. The number of carbonyl (C=O) groups is 2. The van der Waals surface area contributed by atoms with Gasteiger partial charge in [0.15, 0.2) is 17.1 Å². The molecule has 31 heavy (non-hydrogen) atoms. The van der Waals surface area contributed by atoms with E-state index in [0.717, 1.165) is 15.5 Å². The van der Waals surface area contributed by atoms with Gasteiger partial charge in [-0.1, -0.05) is 15.9 Å². The van der Waals surface area contributed by atoms with Crippen LogP contribution in [-0.2, 0) is 0 Å². The standard InChI is InChI=1S/C22H16BrN3O5/c1-30-18-11-15(23)9-14-10-19(31-20(14)18)21(27)25-24-12-17-3-2-8-26(17)16-6-4-13(5-7-16)22(28)29/h2-12H,1H3,(H,25,27)(H,28,29)/b24-12+. The van der Waals surface area contributed by atoms with Crippen molar-refractivity contribution in [3.05, 3.63) is 82.3 Å². The number of hydrazone groups is 1. The molecule has 0 bridgehead atoms. The van der Waals surface area contributed by atoms with Gasteiger partial charge in [-0.05, 0) is 54.6 Å². The molecule has 0 aliphatic carbocycles. The molecule has 0 fully saturated rings. The van der Waals surface area contributed by atoms with E-state index in [2.05, 4.69) is 26.5 Å². The van der Waals surface area contributed by atoms with Crippen molar-refractivity contribution in [2.24, 2.45) is 5.10 Å². The number of rotatable bonds is 6. The lowest BCUT2D eigenvalue weighted by molar-refractivity contribution is 0.0696. The molecule has 0 unspecified atom stereocenters. The van der Waals surface area contributed by atoms with Gasteiger partial charge in [-0.2, -0.15) is 5.10 Å². The summed E-state index contributed by atoms with van der Waals surface area (Å²) in [5.41, 5.74) is 4.57. The Morgan fingerprint density at radius 1 is 1.19 bits per heavy atom. The first-order valence-electron chi connectivity index (χ1n) is 9.08. The number of aromatic nitrogens is 1. The lowest BCUT2D eigenvalue weighted by atomic mass is 10.2. The van der Waals surface area contributed by atoms with Crippen molar-refractivity contribution in [2.45, 2.75) is 0 Å². The summed E-state index contributed by atoms with van der Waals surface area (Å²) in [6, 6.07) is 15.2. The third-order valence-electron chi connectivity index (χ3n) is 4.53. The van der Waals surface area contributed by atoms with Crippen molar-refractivity contribution < 1.29 is 23.8 Å². The SMILES string of the molecule is COc1cc(Br)cc2cc(C(=O)N/N=C/c3cccn3-c3ccc(C(=O)O)cc3)oc12. The van der Waals surface area contributed by atoms with Crippen molar-refractivity contribution in [3.8, 4) is 11.4 Å². The molecule has 0 aliphatic heterocycles. The molecular formula is C22H16BrN3O5. The van der Waals surface area contributed by atoms with E-state index >= 15 is 0 Å². The van der Waals surface area contributed by atoms with Gasteiger partial charge in [-0.25, -0.2) is 10.2 Å². The van der Waals surface area contributed by atoms with Crippen LogP contribution in [0.25, 0.3) is 16.7 Å². The molecule has 2 aromatic carbocycles. The molecule has 2 aromatic heterocycles. The largest absolute Gasteiger partial charge is 0.493 e. The van der Waals surface area contributed by atoms with Crippen LogP contribution in [0.2, 0.25) is 0 Å². The van der Waals surface area contributed by atoms with E-state index in [9.17, 15) is 9.59 Å². The number of furan rings is 1. The monoisotopic (exact) mass is 481 g/mol. The molecule has 0 saturated heterocycles. The molecule has 4 aromatic rings. The van der Waals surface area contributed by atoms with E-state index in [1.165, 1.54) is 25.5 Å². The minimum atomic E-state index is -0.987. The van der Waals surface area contributed by atoms with Crippen LogP contribution in [0.1, 0.15) is 26.6 Å². The molecule has 156 valence electrons. The highest BCUT2D eigenvalue weighted by atomic mass is 79.9. The zero-order valence-electron chi connectivity index (χ0n) is 16.2. The summed E-state index contributed by atoms with van der Waals surface area (Å²) < 4.78 is 13.5. The Hall–Kier alpha value is -3.85. The van der Waals surface area contributed by atoms with E-state index in [0.29, 0.717) is 17.0 Å². The maximum absolute atomic E-state index is 12.5. The van der Waals surface area contributed by atoms with Crippen LogP contribution >= 0.6 is 15.9 Å². The van der Waals surface area contributed by atoms with Crippen LogP contribution in [0, 0.1) is 0 Å². The van der Waals surface area contributed by atoms with Crippen molar-refractivity contribution in [3.63, 3.8) is 0 Å². The van der Waals surface area contributed by atoms with Gasteiger partial charge in [-0.15, -0.1) is 0 Å². The lowest BCUT2D eigenvalue weighted by Gasteiger charge is -2.06. The zero-order valence-corrected chi connectivity index (χ0v) is 17.8. The zero-order chi connectivity index (χ0) is 22.0. The minimum absolute atomic E-state index is 0.100. The lowest BCUT2D eigenvalue weighted by Crippen LogP contribution is -2.17. The molecule has 9 heteroatoms. The van der Waals surface area contributed by atoms with E-state index in [1.807, 2.05) is 29.0 Å². The fourth-order valence-corrected chi connectivity index (χ4v) is 3.52. The number of nitrogens with one attached hydrogen (secondary N) is 1. The second-order valence-electron chi connectivity index (χ2n) is 6.49. The second-order valence-corrected chi connectivity index (χ2v) is 7.41. The highest BCUT2D eigenvalue weighted by Gasteiger charge is 2.15. The van der Waals surface area contributed by atoms with Crippen molar-refractivity contribution in [1.82, 2.24) is 9.99 Å². The maximum Gasteiger partial charge on any atom is 0.335 e. The average Bonchev–Trinajstić information content (AvgIpc) is 3.40. The second kappa shape index (κ2) is 8.49. The Labute approximate surface area is 184 Å². The number of carboxylic acids is 1. The number of carbonyl (C=O) groups excluding carboxylic acids is 1. The summed E-state index contributed by atoms with van der Waals surface area (Å²) >= 11 is 3.39. The quantitative estimate of drug-likeness (QED) is 0.312. The van der Waals surface area contributed by atoms with Gasteiger partial charge in [0.1, 0.15) is 0 Å². The van der Waals surface area contributed by atoms with Gasteiger partial charge in [0.2, 0.25) is 0 Å². The summed E-state index contributed by atoms with van der Waals surface area (Å²) in [6.45, 7) is 0.